The minimum absolute atomic E-state index is 0.711. The molecule has 1 aromatic rings. The summed E-state index contributed by atoms with van der Waals surface area (Å²) in [5, 5.41) is 0. The van der Waals surface area contributed by atoms with E-state index in [4.69, 9.17) is 4.74 Å². The zero-order valence-electron chi connectivity index (χ0n) is 8.07. The highest BCUT2D eigenvalue weighted by atomic mass is 16.5. The predicted molar refractivity (Wildman–Crippen MR) is 56.6 cm³/mol. The second-order valence-electron chi connectivity index (χ2n) is 2.89. The van der Waals surface area contributed by atoms with Crippen molar-refractivity contribution in [2.24, 2.45) is 0 Å². The summed E-state index contributed by atoms with van der Waals surface area (Å²) < 4.78 is 5.32. The van der Waals surface area contributed by atoms with Crippen LogP contribution in [0, 0.1) is 0 Å². The first kappa shape index (κ1) is 10.0. The standard InChI is InChI=1S/C12H16O/c1-2-10-13-11-6-9-12-7-4-3-5-8-12/h3-9H,2,10-11H2,1H3/b9-6+. The van der Waals surface area contributed by atoms with Crippen molar-refractivity contribution in [1.29, 1.82) is 0 Å². The van der Waals surface area contributed by atoms with Crippen LogP contribution in [0.2, 0.25) is 0 Å². The Balaban J connectivity index is 2.25. The number of ether oxygens (including phenoxy) is 1. The first-order valence-corrected chi connectivity index (χ1v) is 4.73. The van der Waals surface area contributed by atoms with E-state index in [2.05, 4.69) is 25.1 Å². The molecule has 0 aliphatic carbocycles. The van der Waals surface area contributed by atoms with Crippen LogP contribution in [0.1, 0.15) is 18.9 Å². The maximum atomic E-state index is 5.32. The molecule has 0 bridgehead atoms. The van der Waals surface area contributed by atoms with E-state index in [0.717, 1.165) is 13.0 Å². The van der Waals surface area contributed by atoms with Crippen LogP contribution in [-0.4, -0.2) is 13.2 Å². The monoisotopic (exact) mass is 176 g/mol. The molecule has 1 nitrogen and oxygen atoms in total. The van der Waals surface area contributed by atoms with E-state index in [-0.39, 0.29) is 0 Å². The second-order valence-corrected chi connectivity index (χ2v) is 2.89. The second kappa shape index (κ2) is 6.44. The van der Waals surface area contributed by atoms with Crippen molar-refractivity contribution < 1.29 is 4.74 Å². The number of hydrogen-bond donors (Lipinski definition) is 0. The van der Waals surface area contributed by atoms with E-state index in [1.54, 1.807) is 0 Å². The van der Waals surface area contributed by atoms with E-state index >= 15 is 0 Å². The van der Waals surface area contributed by atoms with Gasteiger partial charge in [-0.15, -0.1) is 0 Å². The largest absolute Gasteiger partial charge is 0.377 e. The van der Waals surface area contributed by atoms with Gasteiger partial charge in [0.15, 0.2) is 0 Å². The Hall–Kier alpha value is -1.08. The molecule has 0 saturated heterocycles. The smallest absolute Gasteiger partial charge is 0.0650 e. The summed E-state index contributed by atoms with van der Waals surface area (Å²) in [5.74, 6) is 0. The van der Waals surface area contributed by atoms with Crippen LogP contribution in [0.15, 0.2) is 36.4 Å². The number of benzene rings is 1. The zero-order chi connectivity index (χ0) is 9.36. The third-order valence-corrected chi connectivity index (χ3v) is 1.67. The highest BCUT2D eigenvalue weighted by Crippen LogP contribution is 2.00. The lowest BCUT2D eigenvalue weighted by Crippen LogP contribution is -1.91. The summed E-state index contributed by atoms with van der Waals surface area (Å²) in [6.45, 7) is 3.67. The van der Waals surface area contributed by atoms with Gasteiger partial charge in [0.1, 0.15) is 0 Å². The maximum Gasteiger partial charge on any atom is 0.0650 e. The van der Waals surface area contributed by atoms with Gasteiger partial charge < -0.3 is 4.74 Å². The fraction of sp³-hybridized carbons (Fsp3) is 0.333. The molecule has 0 heterocycles. The molecule has 0 aromatic heterocycles. The van der Waals surface area contributed by atoms with E-state index in [0.29, 0.717) is 6.61 Å². The molecule has 0 fully saturated rings. The van der Waals surface area contributed by atoms with Crippen LogP contribution in [0.4, 0.5) is 0 Å². The summed E-state index contributed by atoms with van der Waals surface area (Å²) in [5.41, 5.74) is 1.22. The Kier molecular flexibility index (Phi) is 4.95. The molecule has 0 saturated carbocycles. The van der Waals surface area contributed by atoms with Crippen molar-refractivity contribution in [2.45, 2.75) is 13.3 Å². The van der Waals surface area contributed by atoms with Gasteiger partial charge in [0.2, 0.25) is 0 Å². The van der Waals surface area contributed by atoms with E-state index in [1.165, 1.54) is 5.56 Å². The summed E-state index contributed by atoms with van der Waals surface area (Å²) in [6.07, 6.45) is 5.21. The molecule has 0 aliphatic heterocycles. The molecule has 13 heavy (non-hydrogen) atoms. The third-order valence-electron chi connectivity index (χ3n) is 1.67. The lowest BCUT2D eigenvalue weighted by Gasteiger charge is -1.95. The van der Waals surface area contributed by atoms with Crippen molar-refractivity contribution in [3.05, 3.63) is 42.0 Å². The SMILES string of the molecule is CCCOC/C=C/c1ccccc1. The van der Waals surface area contributed by atoms with Crippen molar-refractivity contribution in [3.63, 3.8) is 0 Å². The molecule has 0 spiro atoms. The van der Waals surface area contributed by atoms with Gasteiger partial charge in [0.25, 0.3) is 0 Å². The summed E-state index contributed by atoms with van der Waals surface area (Å²) >= 11 is 0. The first-order valence-electron chi connectivity index (χ1n) is 4.73. The molecule has 1 heteroatoms. The Bertz CT molecular complexity index is 239. The topological polar surface area (TPSA) is 9.23 Å². The van der Waals surface area contributed by atoms with Gasteiger partial charge in [0, 0.05) is 6.61 Å². The van der Waals surface area contributed by atoms with Gasteiger partial charge in [-0.3, -0.25) is 0 Å². The fourth-order valence-corrected chi connectivity index (χ4v) is 1.04. The minimum Gasteiger partial charge on any atom is -0.377 e. The number of rotatable bonds is 5. The van der Waals surface area contributed by atoms with Crippen LogP contribution in [0.3, 0.4) is 0 Å². The maximum absolute atomic E-state index is 5.32. The summed E-state index contributed by atoms with van der Waals surface area (Å²) in [6, 6.07) is 10.2. The number of hydrogen-bond acceptors (Lipinski definition) is 1. The summed E-state index contributed by atoms with van der Waals surface area (Å²) in [7, 11) is 0. The highest BCUT2D eigenvalue weighted by Gasteiger charge is 1.82. The molecule has 0 atom stereocenters. The van der Waals surface area contributed by atoms with Crippen molar-refractivity contribution in [3.8, 4) is 0 Å². The van der Waals surface area contributed by atoms with Crippen LogP contribution >= 0.6 is 0 Å². The first-order chi connectivity index (χ1) is 6.43. The molecule has 0 unspecified atom stereocenters. The van der Waals surface area contributed by atoms with Gasteiger partial charge in [-0.2, -0.15) is 0 Å². The highest BCUT2D eigenvalue weighted by molar-refractivity contribution is 5.48. The fourth-order valence-electron chi connectivity index (χ4n) is 1.04. The van der Waals surface area contributed by atoms with E-state index < -0.39 is 0 Å². The van der Waals surface area contributed by atoms with Gasteiger partial charge in [0.05, 0.1) is 6.61 Å². The van der Waals surface area contributed by atoms with Gasteiger partial charge in [-0.1, -0.05) is 49.4 Å². The average Bonchev–Trinajstić information content (AvgIpc) is 2.19. The van der Waals surface area contributed by atoms with E-state index in [1.807, 2.05) is 24.3 Å². The van der Waals surface area contributed by atoms with Crippen LogP contribution < -0.4 is 0 Å². The molecule has 1 aromatic carbocycles. The molecular formula is C12H16O. The van der Waals surface area contributed by atoms with Crippen LogP contribution in [0.25, 0.3) is 6.08 Å². The third kappa shape index (κ3) is 4.48. The molecule has 70 valence electrons. The Morgan fingerprint density at radius 1 is 1.23 bits per heavy atom. The normalized spacial score (nSPS) is 10.8. The van der Waals surface area contributed by atoms with Crippen LogP contribution in [0.5, 0.6) is 0 Å². The van der Waals surface area contributed by atoms with Crippen molar-refractivity contribution >= 4 is 6.08 Å². The average molecular weight is 176 g/mol. The molecule has 0 aliphatic rings. The molecular weight excluding hydrogens is 160 g/mol. The Morgan fingerprint density at radius 2 is 2.00 bits per heavy atom. The molecule has 0 amide bonds. The Morgan fingerprint density at radius 3 is 2.69 bits per heavy atom. The van der Waals surface area contributed by atoms with Gasteiger partial charge in [-0.25, -0.2) is 0 Å². The molecule has 1 rings (SSSR count). The summed E-state index contributed by atoms with van der Waals surface area (Å²) in [4.78, 5) is 0. The Labute approximate surface area is 80.0 Å². The van der Waals surface area contributed by atoms with Crippen molar-refractivity contribution in [2.75, 3.05) is 13.2 Å². The van der Waals surface area contributed by atoms with Gasteiger partial charge >= 0.3 is 0 Å². The molecule has 0 N–H and O–H groups in total. The lowest BCUT2D eigenvalue weighted by molar-refractivity contribution is 0.163. The van der Waals surface area contributed by atoms with Crippen molar-refractivity contribution in [1.82, 2.24) is 0 Å². The molecule has 0 radical (unpaired) electrons. The van der Waals surface area contributed by atoms with Gasteiger partial charge in [-0.05, 0) is 12.0 Å². The quantitative estimate of drug-likeness (QED) is 0.626. The predicted octanol–water partition coefficient (Wildman–Crippen LogP) is 3.13. The van der Waals surface area contributed by atoms with E-state index in [9.17, 15) is 0 Å². The van der Waals surface area contributed by atoms with Crippen LogP contribution in [-0.2, 0) is 4.74 Å². The zero-order valence-corrected chi connectivity index (χ0v) is 8.07. The minimum atomic E-state index is 0.711. The lowest BCUT2D eigenvalue weighted by atomic mass is 10.2.